The van der Waals surface area contributed by atoms with Gasteiger partial charge in [-0.1, -0.05) is 13.8 Å². The summed E-state index contributed by atoms with van der Waals surface area (Å²) in [6, 6.07) is 0. The number of nitrogens with zero attached hydrogens (tertiary/aromatic N) is 2. The highest BCUT2D eigenvalue weighted by Gasteiger charge is 2.45. The van der Waals surface area contributed by atoms with Crippen LogP contribution in [0.15, 0.2) is 16.9 Å². The standard InChI is InChI=1S/C10H14BrN3/c1-10(2)3-7(10)4-12-9-13-5-8(11)6-14-9/h5-7H,3-4H2,1-2H3,(H,12,13,14). The Kier molecular flexibility index (Phi) is 2.47. The zero-order valence-corrected chi connectivity index (χ0v) is 10.0. The molecule has 2 rings (SSSR count). The Bertz CT molecular complexity index is 321. The van der Waals surface area contributed by atoms with Crippen molar-refractivity contribution in [1.82, 2.24) is 9.97 Å². The molecule has 1 heterocycles. The van der Waals surface area contributed by atoms with Gasteiger partial charge in [0, 0.05) is 18.9 Å². The average Bonchev–Trinajstić information content (AvgIpc) is 2.73. The van der Waals surface area contributed by atoms with Crippen LogP contribution in [0.4, 0.5) is 5.95 Å². The molecule has 3 nitrogen and oxygen atoms in total. The Hall–Kier alpha value is -0.640. The van der Waals surface area contributed by atoms with Crippen molar-refractivity contribution in [2.24, 2.45) is 11.3 Å². The zero-order chi connectivity index (χ0) is 10.2. The zero-order valence-electron chi connectivity index (χ0n) is 8.42. The molecule has 1 N–H and O–H groups in total. The summed E-state index contributed by atoms with van der Waals surface area (Å²) in [5, 5.41) is 3.25. The molecule has 1 fully saturated rings. The van der Waals surface area contributed by atoms with Gasteiger partial charge in [0.25, 0.3) is 0 Å². The molecule has 0 bridgehead atoms. The highest BCUT2D eigenvalue weighted by atomic mass is 79.9. The topological polar surface area (TPSA) is 37.8 Å². The van der Waals surface area contributed by atoms with Crippen LogP contribution in [0.3, 0.4) is 0 Å². The SMILES string of the molecule is CC1(C)CC1CNc1ncc(Br)cn1. The fourth-order valence-electron chi connectivity index (χ4n) is 1.54. The fraction of sp³-hybridized carbons (Fsp3) is 0.600. The van der Waals surface area contributed by atoms with E-state index in [0.717, 1.165) is 22.9 Å². The molecule has 0 saturated heterocycles. The Morgan fingerprint density at radius 1 is 1.50 bits per heavy atom. The first kappa shape index (κ1) is 9.90. The van der Waals surface area contributed by atoms with E-state index in [-0.39, 0.29) is 0 Å². The minimum Gasteiger partial charge on any atom is -0.354 e. The van der Waals surface area contributed by atoms with Gasteiger partial charge >= 0.3 is 0 Å². The van der Waals surface area contributed by atoms with Crippen molar-refractivity contribution in [1.29, 1.82) is 0 Å². The van der Waals surface area contributed by atoms with Crippen LogP contribution in [-0.4, -0.2) is 16.5 Å². The van der Waals surface area contributed by atoms with Crippen LogP contribution >= 0.6 is 15.9 Å². The lowest BCUT2D eigenvalue weighted by atomic mass is 10.1. The minimum atomic E-state index is 0.516. The third-order valence-electron chi connectivity index (χ3n) is 2.84. The van der Waals surface area contributed by atoms with Gasteiger partial charge in [0.05, 0.1) is 4.47 Å². The maximum Gasteiger partial charge on any atom is 0.222 e. The van der Waals surface area contributed by atoms with E-state index in [1.54, 1.807) is 12.4 Å². The summed E-state index contributed by atoms with van der Waals surface area (Å²) in [4.78, 5) is 8.31. The van der Waals surface area contributed by atoms with Crippen LogP contribution in [0, 0.1) is 11.3 Å². The van der Waals surface area contributed by atoms with Gasteiger partial charge in [0.1, 0.15) is 0 Å². The van der Waals surface area contributed by atoms with Crippen LogP contribution in [-0.2, 0) is 0 Å². The van der Waals surface area contributed by atoms with Crippen molar-refractivity contribution in [2.75, 3.05) is 11.9 Å². The second-order valence-corrected chi connectivity index (χ2v) is 5.41. The first-order valence-corrected chi connectivity index (χ1v) is 5.59. The van der Waals surface area contributed by atoms with Gasteiger partial charge in [0.15, 0.2) is 0 Å². The number of aromatic nitrogens is 2. The Morgan fingerprint density at radius 2 is 2.07 bits per heavy atom. The molecule has 1 aromatic rings. The van der Waals surface area contributed by atoms with Gasteiger partial charge in [-0.15, -0.1) is 0 Å². The fourth-order valence-corrected chi connectivity index (χ4v) is 1.75. The van der Waals surface area contributed by atoms with Crippen LogP contribution < -0.4 is 5.32 Å². The van der Waals surface area contributed by atoms with E-state index in [1.165, 1.54) is 6.42 Å². The smallest absolute Gasteiger partial charge is 0.222 e. The molecule has 0 aromatic carbocycles. The summed E-state index contributed by atoms with van der Waals surface area (Å²) in [7, 11) is 0. The van der Waals surface area contributed by atoms with Crippen LogP contribution in [0.1, 0.15) is 20.3 Å². The monoisotopic (exact) mass is 255 g/mol. The van der Waals surface area contributed by atoms with Crippen LogP contribution in [0.2, 0.25) is 0 Å². The molecule has 1 aliphatic carbocycles. The third-order valence-corrected chi connectivity index (χ3v) is 3.25. The molecule has 4 heteroatoms. The molecular formula is C10H14BrN3. The molecule has 0 radical (unpaired) electrons. The molecule has 0 aliphatic heterocycles. The summed E-state index contributed by atoms with van der Waals surface area (Å²) < 4.78 is 0.912. The molecule has 1 aliphatic rings. The summed E-state index contributed by atoms with van der Waals surface area (Å²) in [6.07, 6.45) is 4.82. The number of hydrogen-bond donors (Lipinski definition) is 1. The van der Waals surface area contributed by atoms with E-state index < -0.39 is 0 Å². The number of anilines is 1. The van der Waals surface area contributed by atoms with E-state index in [9.17, 15) is 0 Å². The van der Waals surface area contributed by atoms with Gasteiger partial charge in [-0.3, -0.25) is 0 Å². The molecular weight excluding hydrogens is 242 g/mol. The van der Waals surface area contributed by atoms with Gasteiger partial charge in [-0.05, 0) is 33.7 Å². The summed E-state index contributed by atoms with van der Waals surface area (Å²) in [5.41, 5.74) is 0.516. The van der Waals surface area contributed by atoms with E-state index in [2.05, 4.69) is 45.1 Å². The first-order valence-electron chi connectivity index (χ1n) is 4.79. The lowest BCUT2D eigenvalue weighted by Gasteiger charge is -2.05. The molecule has 0 spiro atoms. The highest BCUT2D eigenvalue weighted by molar-refractivity contribution is 9.10. The number of nitrogens with one attached hydrogen (secondary N) is 1. The molecule has 1 unspecified atom stereocenters. The number of rotatable bonds is 3. The van der Waals surface area contributed by atoms with Crippen molar-refractivity contribution in [3.63, 3.8) is 0 Å². The van der Waals surface area contributed by atoms with Crippen molar-refractivity contribution in [3.05, 3.63) is 16.9 Å². The van der Waals surface area contributed by atoms with Gasteiger partial charge in [-0.25, -0.2) is 9.97 Å². The Balaban J connectivity index is 1.84. The maximum atomic E-state index is 4.16. The molecule has 1 saturated carbocycles. The van der Waals surface area contributed by atoms with Crippen molar-refractivity contribution >= 4 is 21.9 Å². The minimum absolute atomic E-state index is 0.516. The summed E-state index contributed by atoms with van der Waals surface area (Å²) >= 11 is 3.30. The van der Waals surface area contributed by atoms with E-state index in [0.29, 0.717) is 5.41 Å². The maximum absolute atomic E-state index is 4.16. The Labute approximate surface area is 92.5 Å². The van der Waals surface area contributed by atoms with Gasteiger partial charge in [0.2, 0.25) is 5.95 Å². The van der Waals surface area contributed by atoms with Crippen LogP contribution in [0.25, 0.3) is 0 Å². The normalized spacial score (nSPS) is 23.2. The van der Waals surface area contributed by atoms with E-state index in [1.807, 2.05) is 0 Å². The van der Waals surface area contributed by atoms with Crippen molar-refractivity contribution in [3.8, 4) is 0 Å². The number of halogens is 1. The van der Waals surface area contributed by atoms with E-state index in [4.69, 9.17) is 0 Å². The second-order valence-electron chi connectivity index (χ2n) is 4.50. The highest BCUT2D eigenvalue weighted by Crippen LogP contribution is 2.51. The quantitative estimate of drug-likeness (QED) is 0.903. The molecule has 0 amide bonds. The van der Waals surface area contributed by atoms with Crippen LogP contribution in [0.5, 0.6) is 0 Å². The molecule has 76 valence electrons. The predicted octanol–water partition coefficient (Wildman–Crippen LogP) is 2.70. The Morgan fingerprint density at radius 3 is 2.57 bits per heavy atom. The summed E-state index contributed by atoms with van der Waals surface area (Å²) in [6.45, 7) is 5.57. The average molecular weight is 256 g/mol. The van der Waals surface area contributed by atoms with Gasteiger partial charge in [-0.2, -0.15) is 0 Å². The largest absolute Gasteiger partial charge is 0.354 e. The third kappa shape index (κ3) is 2.23. The molecule has 1 atom stereocenters. The van der Waals surface area contributed by atoms with E-state index >= 15 is 0 Å². The first-order chi connectivity index (χ1) is 6.58. The number of hydrogen-bond acceptors (Lipinski definition) is 3. The predicted molar refractivity (Wildman–Crippen MR) is 60.1 cm³/mol. The van der Waals surface area contributed by atoms with Crippen molar-refractivity contribution < 1.29 is 0 Å². The lowest BCUT2D eigenvalue weighted by molar-refractivity contribution is 0.572. The molecule has 1 aromatic heterocycles. The second kappa shape index (κ2) is 3.50. The lowest BCUT2D eigenvalue weighted by Crippen LogP contribution is -2.09. The molecule has 14 heavy (non-hydrogen) atoms. The van der Waals surface area contributed by atoms with Crippen molar-refractivity contribution in [2.45, 2.75) is 20.3 Å². The van der Waals surface area contributed by atoms with Gasteiger partial charge < -0.3 is 5.32 Å². The summed E-state index contributed by atoms with van der Waals surface area (Å²) in [5.74, 6) is 1.49.